The van der Waals surface area contributed by atoms with Gasteiger partial charge in [0.25, 0.3) is 10.1 Å². The monoisotopic (exact) mass is 579 g/mol. The number of carbonyl (C=O) groups is 1. The molecule has 0 bridgehead atoms. The molecule has 12 nitrogen and oxygen atoms in total. The number of rotatable bonds is 9. The van der Waals surface area contributed by atoms with Crippen LogP contribution >= 0.6 is 0 Å². The van der Waals surface area contributed by atoms with Gasteiger partial charge in [-0.15, -0.1) is 0 Å². The minimum Gasteiger partial charge on any atom is -0.412 e. The molecule has 3 rings (SSSR count). The molecule has 2 heterocycles. The Bertz CT molecular complexity index is 1260. The van der Waals surface area contributed by atoms with E-state index in [9.17, 15) is 31.9 Å². The van der Waals surface area contributed by atoms with Crippen LogP contribution in [0.4, 0.5) is 14.5 Å². The van der Waals surface area contributed by atoms with Gasteiger partial charge < -0.3 is 26.2 Å². The number of hydrogen-bond acceptors (Lipinski definition) is 9. The van der Waals surface area contributed by atoms with Crippen LogP contribution in [0.2, 0.25) is 0 Å². The van der Waals surface area contributed by atoms with E-state index >= 15 is 0 Å². The predicted octanol–water partition coefficient (Wildman–Crippen LogP) is 1.53. The highest BCUT2D eigenvalue weighted by Crippen LogP contribution is 2.42. The number of nitrogens with zero attached hydrogens (tertiary/aromatic N) is 2. The molecule has 15 heteroatoms. The van der Waals surface area contributed by atoms with Gasteiger partial charge in [-0.2, -0.15) is 22.2 Å². The van der Waals surface area contributed by atoms with Gasteiger partial charge in [0.15, 0.2) is 11.9 Å². The Labute approximate surface area is 224 Å². The highest BCUT2D eigenvalue weighted by atomic mass is 32.2. The van der Waals surface area contributed by atoms with Crippen LogP contribution in [0.1, 0.15) is 61.8 Å². The number of halogens is 2. The third kappa shape index (κ3) is 8.09. The standard InChI is InChI=1S/C17H25F2N3O5.C7H8O3S.H2O/c1-3-5-9(6-4-2)13(24)12-10(20)7-22(16(26)21-12)15-17(18,19)14(25)11(8-23)27-15;1-6-2-4-7(5-3-6)11(8,9)10;/h7,9,11,14-15,23,25H,3-6,8,20H2,1-2H3;2-5H,1H3,(H,8,9,10);1H2/t11-,14-,15-;;/m1../s1. The van der Waals surface area contributed by atoms with E-state index in [1.165, 1.54) is 12.1 Å². The van der Waals surface area contributed by atoms with Crippen LogP contribution in [0.3, 0.4) is 0 Å². The number of hydrogen-bond donors (Lipinski definition) is 4. The quantitative estimate of drug-likeness (QED) is 0.248. The molecule has 0 unspecified atom stereocenters. The highest BCUT2D eigenvalue weighted by molar-refractivity contribution is 7.85. The fourth-order valence-electron chi connectivity index (χ4n) is 3.98. The summed E-state index contributed by atoms with van der Waals surface area (Å²) >= 11 is 0. The van der Waals surface area contributed by atoms with E-state index in [1.807, 2.05) is 20.8 Å². The maximum atomic E-state index is 14.2. The van der Waals surface area contributed by atoms with Crippen LogP contribution in [-0.4, -0.2) is 68.7 Å². The van der Waals surface area contributed by atoms with Crippen molar-refractivity contribution >= 4 is 21.6 Å². The minimum atomic E-state index is -4.02. The molecule has 0 amide bonds. The van der Waals surface area contributed by atoms with Crippen molar-refractivity contribution in [3.8, 4) is 0 Å². The Hall–Kier alpha value is -2.82. The lowest BCUT2D eigenvalue weighted by Crippen LogP contribution is -2.42. The lowest BCUT2D eigenvalue weighted by Gasteiger charge is -2.22. The van der Waals surface area contributed by atoms with Crippen molar-refractivity contribution in [2.45, 2.75) is 75.7 Å². The molecule has 1 fully saturated rings. The van der Waals surface area contributed by atoms with Crippen LogP contribution in [0.5, 0.6) is 0 Å². The van der Waals surface area contributed by atoms with Gasteiger partial charge in [0.1, 0.15) is 11.8 Å². The third-order valence-corrected chi connectivity index (χ3v) is 6.86. The summed E-state index contributed by atoms with van der Waals surface area (Å²) in [4.78, 5) is 28.5. The Balaban J connectivity index is 0.000000532. The number of nitrogens with two attached hydrogens (primary N) is 1. The number of Topliss-reactive ketones (excluding diaryl/α,β-unsaturated/α-hetero) is 1. The lowest BCUT2D eigenvalue weighted by atomic mass is 9.91. The predicted molar refractivity (Wildman–Crippen MR) is 137 cm³/mol. The fraction of sp³-hybridized carbons (Fsp3) is 0.542. The van der Waals surface area contributed by atoms with Crippen molar-refractivity contribution in [3.05, 3.63) is 52.2 Å². The summed E-state index contributed by atoms with van der Waals surface area (Å²) in [7, 11) is -4.02. The second-order valence-corrected chi connectivity index (χ2v) is 10.4. The van der Waals surface area contributed by atoms with Crippen LogP contribution in [0.15, 0.2) is 40.2 Å². The smallest absolute Gasteiger partial charge is 0.350 e. The third-order valence-electron chi connectivity index (χ3n) is 5.99. The number of anilines is 1. The Morgan fingerprint density at radius 3 is 2.18 bits per heavy atom. The molecule has 0 radical (unpaired) electrons. The van der Waals surface area contributed by atoms with E-state index in [1.54, 1.807) is 12.1 Å². The summed E-state index contributed by atoms with van der Waals surface area (Å²) in [6.45, 7) is 4.84. The van der Waals surface area contributed by atoms with E-state index < -0.39 is 52.6 Å². The zero-order valence-electron chi connectivity index (χ0n) is 21.8. The zero-order chi connectivity index (χ0) is 28.8. The van der Waals surface area contributed by atoms with Gasteiger partial charge in [-0.25, -0.2) is 4.79 Å². The average molecular weight is 580 g/mol. The van der Waals surface area contributed by atoms with Crippen LogP contribution < -0.4 is 11.4 Å². The topological polar surface area (TPSA) is 214 Å². The van der Waals surface area contributed by atoms with Crippen LogP contribution in [-0.2, 0) is 14.9 Å². The molecule has 3 atom stereocenters. The number of ether oxygens (including phenoxy) is 1. The molecule has 1 aromatic carbocycles. The summed E-state index contributed by atoms with van der Waals surface area (Å²) in [5, 5.41) is 18.6. The summed E-state index contributed by atoms with van der Waals surface area (Å²) in [6, 6.07) is 5.99. The average Bonchev–Trinajstić information content (AvgIpc) is 3.08. The van der Waals surface area contributed by atoms with Gasteiger partial charge in [-0.3, -0.25) is 13.9 Å². The number of aliphatic hydroxyl groups excluding tert-OH is 2. The number of alkyl halides is 2. The summed E-state index contributed by atoms with van der Waals surface area (Å²) < 4.78 is 63.4. The van der Waals surface area contributed by atoms with Crippen molar-refractivity contribution in [1.29, 1.82) is 0 Å². The largest absolute Gasteiger partial charge is 0.412 e. The van der Waals surface area contributed by atoms with Crippen molar-refractivity contribution in [1.82, 2.24) is 9.55 Å². The van der Waals surface area contributed by atoms with Crippen molar-refractivity contribution in [2.24, 2.45) is 5.92 Å². The molecule has 0 saturated carbocycles. The van der Waals surface area contributed by atoms with Gasteiger partial charge in [0, 0.05) is 12.1 Å². The number of aryl methyl sites for hydroxylation is 1. The highest BCUT2D eigenvalue weighted by Gasteiger charge is 2.59. The first-order valence-corrected chi connectivity index (χ1v) is 13.4. The molecule has 0 aliphatic carbocycles. The van der Waals surface area contributed by atoms with E-state index in [-0.39, 0.29) is 27.7 Å². The molecule has 1 aliphatic heterocycles. The molecule has 39 heavy (non-hydrogen) atoms. The van der Waals surface area contributed by atoms with Crippen LogP contribution in [0, 0.1) is 12.8 Å². The SMILES string of the molecule is CCCC(CCC)C(=O)c1nc(=O)n([C@@H]2O[C@H](CO)[C@@H](O)C2(F)F)cc1N.Cc1ccc(S(=O)(=O)O)cc1.O. The van der Waals surface area contributed by atoms with Crippen molar-refractivity contribution in [2.75, 3.05) is 12.3 Å². The molecular weight excluding hydrogens is 544 g/mol. The Morgan fingerprint density at radius 1 is 1.21 bits per heavy atom. The number of benzene rings is 1. The Kier molecular flexibility index (Phi) is 12.3. The van der Waals surface area contributed by atoms with Gasteiger partial charge >= 0.3 is 11.6 Å². The lowest BCUT2D eigenvalue weighted by molar-refractivity contribution is -0.140. The molecule has 7 N–H and O–H groups in total. The van der Waals surface area contributed by atoms with Gasteiger partial charge in [-0.05, 0) is 31.9 Å². The van der Waals surface area contributed by atoms with Crippen molar-refractivity contribution < 1.29 is 47.0 Å². The second kappa shape index (κ2) is 14.0. The Morgan fingerprint density at radius 2 is 1.74 bits per heavy atom. The first-order valence-electron chi connectivity index (χ1n) is 12.0. The first kappa shape index (κ1) is 34.2. The minimum absolute atomic E-state index is 0. The summed E-state index contributed by atoms with van der Waals surface area (Å²) in [5.74, 6) is -4.59. The van der Waals surface area contributed by atoms with E-state index in [2.05, 4.69) is 4.98 Å². The van der Waals surface area contributed by atoms with E-state index in [0.29, 0.717) is 17.4 Å². The van der Waals surface area contributed by atoms with E-state index in [4.69, 9.17) is 20.1 Å². The normalized spacial score (nSPS) is 20.2. The maximum Gasteiger partial charge on any atom is 0.350 e. The molecule has 2 aromatic rings. The molecule has 1 saturated heterocycles. The zero-order valence-corrected chi connectivity index (χ0v) is 22.6. The van der Waals surface area contributed by atoms with Crippen molar-refractivity contribution in [3.63, 3.8) is 0 Å². The molecule has 1 aliphatic rings. The van der Waals surface area contributed by atoms with Gasteiger partial charge in [0.05, 0.1) is 17.2 Å². The number of aromatic nitrogens is 2. The molecule has 220 valence electrons. The van der Waals surface area contributed by atoms with E-state index in [0.717, 1.165) is 24.6 Å². The number of carbonyl (C=O) groups excluding carboxylic acids is 1. The molecule has 1 aromatic heterocycles. The second-order valence-electron chi connectivity index (χ2n) is 8.99. The fourth-order valence-corrected chi connectivity index (χ4v) is 4.46. The van der Waals surface area contributed by atoms with Crippen LogP contribution in [0.25, 0.3) is 0 Å². The van der Waals surface area contributed by atoms with Gasteiger partial charge in [0.2, 0.25) is 6.23 Å². The first-order chi connectivity index (χ1) is 17.7. The number of aliphatic hydroxyl groups is 2. The summed E-state index contributed by atoms with van der Waals surface area (Å²) in [5.41, 5.74) is 5.17. The maximum absolute atomic E-state index is 14.2. The molecule has 0 spiro atoms. The molecular formula is C24H35F2N3O9S. The number of ketones is 1. The van der Waals surface area contributed by atoms with Gasteiger partial charge in [-0.1, -0.05) is 44.4 Å². The summed E-state index contributed by atoms with van der Waals surface area (Å²) in [6.07, 6.45) is -2.43. The number of nitrogen functional groups attached to an aromatic ring is 1.